The van der Waals surface area contributed by atoms with Gasteiger partial charge < -0.3 is 39.3 Å². The Balaban J connectivity index is 2.15. The lowest BCUT2D eigenvalue weighted by Gasteiger charge is -2.32. The van der Waals surface area contributed by atoms with Gasteiger partial charge in [-0.05, 0) is 33.8 Å². The molecule has 1 aromatic rings. The van der Waals surface area contributed by atoms with Crippen molar-refractivity contribution < 1.29 is 61.3 Å². The zero-order valence-electron chi connectivity index (χ0n) is 22.2. The molecular formula is C21H34N3O14P. The second-order valence-electron chi connectivity index (χ2n) is 8.70. The molecule has 3 N–H and O–H groups in total. The molecular weight excluding hydrogens is 549 g/mol. The summed E-state index contributed by atoms with van der Waals surface area (Å²) in [6, 6.07) is 1.37. The average molecular weight is 583 g/mol. The molecule has 1 aliphatic heterocycles. The first-order chi connectivity index (χ1) is 18.3. The third-order valence-electron chi connectivity index (χ3n) is 4.86. The molecule has 0 radical (unpaired) electrons. The van der Waals surface area contributed by atoms with E-state index in [2.05, 4.69) is 14.5 Å². The largest absolute Gasteiger partial charge is 0.510 e. The van der Waals surface area contributed by atoms with E-state index in [1.165, 1.54) is 19.4 Å². The fraction of sp³-hybridized carbons (Fsp3) is 0.714. The number of aromatic nitrogens is 2. The van der Waals surface area contributed by atoms with E-state index < -0.39 is 76.2 Å². The number of hydrogen-bond donors (Lipinski definition) is 2. The number of carbonyl (C=O) groups is 2. The fourth-order valence-corrected chi connectivity index (χ4v) is 4.16. The Labute approximate surface area is 223 Å². The van der Waals surface area contributed by atoms with E-state index in [1.54, 1.807) is 27.7 Å². The van der Waals surface area contributed by atoms with Crippen molar-refractivity contribution in [3.05, 3.63) is 22.7 Å². The molecule has 0 aliphatic carbocycles. The minimum absolute atomic E-state index is 0.00416. The van der Waals surface area contributed by atoms with Crippen molar-refractivity contribution >= 4 is 26.0 Å². The number of nitrogens with two attached hydrogens (primary N) is 1. The first-order valence-electron chi connectivity index (χ1n) is 11.7. The normalized spacial score (nSPS) is 21.2. The summed E-state index contributed by atoms with van der Waals surface area (Å²) in [5.41, 5.74) is 3.13. The van der Waals surface area contributed by atoms with E-state index in [-0.39, 0.29) is 18.8 Å². The smallest absolute Gasteiger partial charge is 0.432 e. The van der Waals surface area contributed by atoms with Crippen molar-refractivity contribution in [1.29, 1.82) is 0 Å². The van der Waals surface area contributed by atoms with E-state index in [1.807, 2.05) is 0 Å². The number of ether oxygens (including phenoxy) is 6. The number of anilines is 1. The summed E-state index contributed by atoms with van der Waals surface area (Å²) in [5, 5.41) is 10.8. The molecule has 0 bridgehead atoms. The van der Waals surface area contributed by atoms with Gasteiger partial charge in [0.25, 0.3) is 0 Å². The van der Waals surface area contributed by atoms with Gasteiger partial charge >= 0.3 is 25.8 Å². The summed E-state index contributed by atoms with van der Waals surface area (Å²) in [4.78, 5) is 39.1. The molecule has 0 amide bonds. The summed E-state index contributed by atoms with van der Waals surface area (Å²) in [7, 11) is -3.35. The molecule has 1 aromatic heterocycles. The fourth-order valence-electron chi connectivity index (χ4n) is 3.20. The summed E-state index contributed by atoms with van der Waals surface area (Å²) < 4.78 is 59.8. The Morgan fingerprint density at radius 2 is 1.69 bits per heavy atom. The van der Waals surface area contributed by atoms with Gasteiger partial charge in [0.15, 0.2) is 0 Å². The van der Waals surface area contributed by atoms with Crippen LogP contribution in [0.1, 0.15) is 40.3 Å². The molecule has 2 heterocycles. The van der Waals surface area contributed by atoms with Crippen LogP contribution in [0.2, 0.25) is 0 Å². The Morgan fingerprint density at radius 1 is 1.13 bits per heavy atom. The van der Waals surface area contributed by atoms with Crippen molar-refractivity contribution in [3.63, 3.8) is 0 Å². The SMILES string of the molecule is COCC1(COP(=O)(OCOC(=O)OC(C)C)OCOC(=O)OC(C)C)OC(n2ccc(N)nc2=O)CC1O. The lowest BCUT2D eigenvalue weighted by atomic mass is 9.99. The van der Waals surface area contributed by atoms with Crippen LogP contribution in [0.15, 0.2) is 17.1 Å². The van der Waals surface area contributed by atoms with E-state index in [9.17, 15) is 24.1 Å². The first kappa shape index (κ1) is 32.4. The van der Waals surface area contributed by atoms with E-state index >= 15 is 0 Å². The lowest BCUT2D eigenvalue weighted by molar-refractivity contribution is -0.157. The third kappa shape index (κ3) is 10.0. The Bertz CT molecular complexity index is 1030. The highest BCUT2D eigenvalue weighted by Gasteiger charge is 2.51. The van der Waals surface area contributed by atoms with E-state index in [0.717, 1.165) is 4.57 Å². The van der Waals surface area contributed by atoms with Crippen molar-refractivity contribution in [2.45, 2.75) is 64.3 Å². The van der Waals surface area contributed by atoms with Crippen molar-refractivity contribution in [2.24, 2.45) is 0 Å². The highest BCUT2D eigenvalue weighted by atomic mass is 31.2. The van der Waals surface area contributed by atoms with Crippen LogP contribution in [0.5, 0.6) is 0 Å². The van der Waals surface area contributed by atoms with Gasteiger partial charge in [-0.1, -0.05) is 0 Å². The maximum atomic E-state index is 13.3. The Kier molecular flexibility index (Phi) is 12.1. The zero-order valence-corrected chi connectivity index (χ0v) is 23.1. The maximum Gasteiger partial charge on any atom is 0.510 e. The van der Waals surface area contributed by atoms with Gasteiger partial charge in [-0.15, -0.1) is 0 Å². The number of phosphoric ester groups is 1. The maximum absolute atomic E-state index is 13.3. The average Bonchev–Trinajstić information content (AvgIpc) is 3.13. The number of hydrogen-bond acceptors (Lipinski definition) is 16. The van der Waals surface area contributed by atoms with Crippen LogP contribution < -0.4 is 11.4 Å². The molecule has 0 saturated carbocycles. The predicted octanol–water partition coefficient (Wildman–Crippen LogP) is 1.69. The minimum Gasteiger partial charge on any atom is -0.432 e. The molecule has 17 nitrogen and oxygen atoms in total. The second-order valence-corrected chi connectivity index (χ2v) is 10.4. The van der Waals surface area contributed by atoms with Crippen LogP contribution in [0.3, 0.4) is 0 Å². The van der Waals surface area contributed by atoms with Crippen LogP contribution in [0.4, 0.5) is 15.4 Å². The lowest BCUT2D eigenvalue weighted by Crippen LogP contribution is -2.48. The zero-order chi connectivity index (χ0) is 29.2. The number of methoxy groups -OCH3 is 1. The molecule has 3 unspecified atom stereocenters. The molecule has 1 saturated heterocycles. The minimum atomic E-state index is -4.66. The van der Waals surface area contributed by atoms with Gasteiger partial charge in [0.2, 0.25) is 13.6 Å². The number of carbonyl (C=O) groups excluding carboxylic acids is 2. The molecule has 1 fully saturated rings. The molecule has 2 rings (SSSR count). The molecule has 3 atom stereocenters. The summed E-state index contributed by atoms with van der Waals surface area (Å²) in [6.07, 6.45) is -4.30. The second kappa shape index (κ2) is 14.6. The number of nitrogens with zero attached hydrogens (tertiary/aromatic N) is 2. The quantitative estimate of drug-likeness (QED) is 0.181. The van der Waals surface area contributed by atoms with Crippen LogP contribution in [0, 0.1) is 0 Å². The number of aliphatic hydroxyl groups is 1. The van der Waals surface area contributed by atoms with Gasteiger partial charge in [0, 0.05) is 19.7 Å². The third-order valence-corrected chi connectivity index (χ3v) is 6.15. The topological polar surface area (TPSA) is 215 Å². The van der Waals surface area contributed by atoms with Crippen molar-refractivity contribution in [1.82, 2.24) is 9.55 Å². The number of rotatable bonds is 14. The van der Waals surface area contributed by atoms with E-state index in [4.69, 9.17) is 38.3 Å². The molecule has 18 heteroatoms. The van der Waals surface area contributed by atoms with E-state index in [0.29, 0.717) is 0 Å². The van der Waals surface area contributed by atoms with Gasteiger partial charge in [-0.25, -0.2) is 28.0 Å². The first-order valence-corrected chi connectivity index (χ1v) is 13.1. The van der Waals surface area contributed by atoms with Crippen LogP contribution in [0.25, 0.3) is 0 Å². The Morgan fingerprint density at radius 3 is 2.18 bits per heavy atom. The summed E-state index contributed by atoms with van der Waals surface area (Å²) in [5.74, 6) is -0.00416. The van der Waals surface area contributed by atoms with Crippen LogP contribution in [-0.4, -0.2) is 84.8 Å². The molecule has 39 heavy (non-hydrogen) atoms. The highest BCUT2D eigenvalue weighted by molar-refractivity contribution is 7.48. The van der Waals surface area contributed by atoms with Crippen molar-refractivity contribution in [3.8, 4) is 0 Å². The number of phosphoric acid groups is 1. The van der Waals surface area contributed by atoms with Gasteiger partial charge in [-0.3, -0.25) is 9.09 Å². The Hall–Kier alpha value is -2.79. The molecule has 0 spiro atoms. The van der Waals surface area contributed by atoms with Gasteiger partial charge in [0.05, 0.1) is 31.5 Å². The summed E-state index contributed by atoms with van der Waals surface area (Å²) in [6.45, 7) is 3.50. The van der Waals surface area contributed by atoms with Gasteiger partial charge in [0.1, 0.15) is 17.6 Å². The van der Waals surface area contributed by atoms with Crippen molar-refractivity contribution in [2.75, 3.05) is 39.6 Å². The van der Waals surface area contributed by atoms with Crippen LogP contribution in [-0.2, 0) is 46.6 Å². The number of nitrogen functional groups attached to an aromatic ring is 1. The highest BCUT2D eigenvalue weighted by Crippen LogP contribution is 2.51. The molecule has 1 aliphatic rings. The van der Waals surface area contributed by atoms with Crippen LogP contribution >= 0.6 is 7.82 Å². The molecule has 0 aromatic carbocycles. The predicted molar refractivity (Wildman–Crippen MR) is 129 cm³/mol. The van der Waals surface area contributed by atoms with Gasteiger partial charge in [-0.2, -0.15) is 4.98 Å². The molecule has 222 valence electrons. The standard InChI is InChI=1S/C21H34N3O14P/c1-13(2)36-19(27)31-11-34-39(29,35-12-32-20(28)37-14(3)4)33-10-21(9-30-5)15(25)8-17(38-21)24-7-6-16(22)23-18(24)26/h6-7,13-15,17,25H,8-12H2,1-5H3,(H2,22,23,26). The monoisotopic (exact) mass is 583 g/mol. The number of aliphatic hydroxyl groups excluding tert-OH is 1. The summed E-state index contributed by atoms with van der Waals surface area (Å²) >= 11 is 0.